The van der Waals surface area contributed by atoms with Gasteiger partial charge in [0.25, 0.3) is 0 Å². The maximum absolute atomic E-state index is 8.74. The van der Waals surface area contributed by atoms with Crippen molar-refractivity contribution in [1.29, 1.82) is 0 Å². The van der Waals surface area contributed by atoms with Gasteiger partial charge in [-0.15, -0.1) is 0 Å². The van der Waals surface area contributed by atoms with Crippen LogP contribution in [0.15, 0.2) is 36.4 Å². The highest BCUT2D eigenvalue weighted by atomic mass is 31.1. The summed E-state index contributed by atoms with van der Waals surface area (Å²) in [6.45, 7) is 0. The summed E-state index contributed by atoms with van der Waals surface area (Å²) in [7, 11) is -1.25. The van der Waals surface area contributed by atoms with Crippen LogP contribution in [0, 0.1) is 0 Å². The van der Waals surface area contributed by atoms with Gasteiger partial charge in [0.2, 0.25) is 0 Å². The first-order valence-electron chi connectivity index (χ1n) is 4.93. The molecule has 6 heteroatoms. The van der Waals surface area contributed by atoms with Crippen molar-refractivity contribution in [1.82, 2.24) is 0 Å². The Bertz CT molecular complexity index is 527. The molecule has 0 spiro atoms. The standard InChI is InChI=1S/C11H12N2.H3O3P/c1-13-10-7-6-8-4-2-3-5-9(8)11(10)12;1-4(2)3/h2-7,13H,12H2,1H3;4H,(H2,1,2,3). The third-order valence-corrected chi connectivity index (χ3v) is 2.24. The van der Waals surface area contributed by atoms with Crippen LogP contribution in [0.2, 0.25) is 0 Å². The monoisotopic (exact) mass is 254 g/mol. The molecule has 92 valence electrons. The van der Waals surface area contributed by atoms with Crippen molar-refractivity contribution < 1.29 is 14.4 Å². The Morgan fingerprint density at radius 3 is 2.35 bits per heavy atom. The first kappa shape index (κ1) is 13.5. The van der Waals surface area contributed by atoms with E-state index in [0.29, 0.717) is 0 Å². The van der Waals surface area contributed by atoms with E-state index in [9.17, 15) is 0 Å². The molecule has 0 radical (unpaired) electrons. The summed E-state index contributed by atoms with van der Waals surface area (Å²) in [6.07, 6.45) is 0. The van der Waals surface area contributed by atoms with Crippen LogP contribution in [-0.4, -0.2) is 16.8 Å². The van der Waals surface area contributed by atoms with E-state index in [1.807, 2.05) is 31.3 Å². The zero-order chi connectivity index (χ0) is 12.8. The first-order valence-corrected chi connectivity index (χ1v) is 6.23. The van der Waals surface area contributed by atoms with Crippen molar-refractivity contribution >= 4 is 30.4 Å². The van der Waals surface area contributed by atoms with E-state index in [0.717, 1.165) is 16.8 Å². The quantitative estimate of drug-likeness (QED) is 0.460. The molecule has 0 fully saturated rings. The van der Waals surface area contributed by atoms with Gasteiger partial charge in [0, 0.05) is 12.4 Å². The van der Waals surface area contributed by atoms with Gasteiger partial charge in [-0.05, 0) is 11.5 Å². The highest BCUT2D eigenvalue weighted by Crippen LogP contribution is 2.27. The van der Waals surface area contributed by atoms with Gasteiger partial charge < -0.3 is 20.8 Å². The van der Waals surface area contributed by atoms with Gasteiger partial charge >= 0.3 is 8.25 Å². The second kappa shape index (κ2) is 6.25. The summed E-state index contributed by atoms with van der Waals surface area (Å²) in [4.78, 5) is 14.3. The van der Waals surface area contributed by atoms with Crippen molar-refractivity contribution in [3.05, 3.63) is 36.4 Å². The minimum atomic E-state index is -3.13. The largest absolute Gasteiger partial charge is 0.397 e. The number of nitrogens with two attached hydrogens (primary N) is 1. The third-order valence-electron chi connectivity index (χ3n) is 2.24. The van der Waals surface area contributed by atoms with Crippen LogP contribution in [0.1, 0.15) is 0 Å². The Kier molecular flexibility index (Phi) is 4.97. The number of hydrogen-bond acceptors (Lipinski definition) is 3. The molecule has 0 bridgehead atoms. The van der Waals surface area contributed by atoms with E-state index in [4.69, 9.17) is 20.1 Å². The van der Waals surface area contributed by atoms with Crippen molar-refractivity contribution in [2.24, 2.45) is 0 Å². The van der Waals surface area contributed by atoms with E-state index in [1.54, 1.807) is 0 Å². The van der Waals surface area contributed by atoms with E-state index in [2.05, 4.69) is 17.4 Å². The van der Waals surface area contributed by atoms with Gasteiger partial charge in [0.1, 0.15) is 0 Å². The highest BCUT2D eigenvalue weighted by Gasteiger charge is 2.00. The Morgan fingerprint density at radius 2 is 1.76 bits per heavy atom. The summed E-state index contributed by atoms with van der Waals surface area (Å²) in [5.41, 5.74) is 7.77. The lowest BCUT2D eigenvalue weighted by Crippen LogP contribution is -1.95. The van der Waals surface area contributed by atoms with Crippen molar-refractivity contribution in [3.63, 3.8) is 0 Å². The predicted octanol–water partition coefficient (Wildman–Crippen LogP) is 1.82. The molecule has 2 rings (SSSR count). The summed E-state index contributed by atoms with van der Waals surface area (Å²) >= 11 is 0. The van der Waals surface area contributed by atoms with Gasteiger partial charge in [-0.1, -0.05) is 30.3 Å². The smallest absolute Gasteiger partial charge is 0.314 e. The molecule has 0 saturated carbocycles. The minimum absolute atomic E-state index is 0.820. The fraction of sp³-hybridized carbons (Fsp3) is 0.0909. The predicted molar refractivity (Wildman–Crippen MR) is 71.3 cm³/mol. The zero-order valence-electron chi connectivity index (χ0n) is 9.34. The summed E-state index contributed by atoms with van der Waals surface area (Å²) in [5.74, 6) is 0. The summed E-state index contributed by atoms with van der Waals surface area (Å²) in [6, 6.07) is 12.2. The Balaban J connectivity index is 0.000000317. The third kappa shape index (κ3) is 3.75. The summed E-state index contributed by atoms with van der Waals surface area (Å²) < 4.78 is 8.74. The maximum Gasteiger partial charge on any atom is 0.314 e. The van der Waals surface area contributed by atoms with Crippen LogP contribution in [-0.2, 0) is 4.57 Å². The van der Waals surface area contributed by atoms with Crippen LogP contribution in [0.3, 0.4) is 0 Å². The number of rotatable bonds is 1. The fourth-order valence-corrected chi connectivity index (χ4v) is 1.51. The van der Waals surface area contributed by atoms with Gasteiger partial charge in [0.15, 0.2) is 0 Å². The zero-order valence-corrected chi connectivity index (χ0v) is 10.3. The SMILES string of the molecule is CNc1ccc2ccccc2c1N.O=[PH](O)O. The lowest BCUT2D eigenvalue weighted by atomic mass is 10.1. The molecule has 0 aliphatic heterocycles. The molecule has 0 atom stereocenters. The van der Waals surface area contributed by atoms with Gasteiger partial charge in [-0.3, -0.25) is 4.57 Å². The first-order chi connectivity index (χ1) is 8.06. The molecule has 2 aromatic rings. The fourth-order valence-electron chi connectivity index (χ4n) is 1.51. The second-order valence-electron chi connectivity index (χ2n) is 3.28. The maximum atomic E-state index is 8.74. The molecule has 0 aliphatic carbocycles. The van der Waals surface area contributed by atoms with Crippen LogP contribution in [0.25, 0.3) is 10.8 Å². The number of fused-ring (bicyclic) bond motifs is 1. The second-order valence-corrected chi connectivity index (χ2v) is 3.85. The molecule has 0 aliphatic rings. The molecular formula is C11H15N2O3P. The van der Waals surface area contributed by atoms with Crippen LogP contribution in [0.4, 0.5) is 11.4 Å². The molecule has 0 saturated heterocycles. The summed E-state index contributed by atoms with van der Waals surface area (Å²) in [5, 5.41) is 5.35. The molecule has 5 N–H and O–H groups in total. The lowest BCUT2D eigenvalue weighted by molar-refractivity contribution is 0.405. The Labute approximate surface area is 99.8 Å². The Morgan fingerprint density at radius 1 is 1.18 bits per heavy atom. The highest BCUT2D eigenvalue weighted by molar-refractivity contribution is 7.30. The van der Waals surface area contributed by atoms with Crippen molar-refractivity contribution in [2.45, 2.75) is 0 Å². The average Bonchev–Trinajstić information content (AvgIpc) is 2.29. The van der Waals surface area contributed by atoms with E-state index in [1.165, 1.54) is 5.39 Å². The topological polar surface area (TPSA) is 95.6 Å². The lowest BCUT2D eigenvalue weighted by Gasteiger charge is -2.07. The number of nitrogen functional groups attached to an aromatic ring is 1. The molecule has 0 unspecified atom stereocenters. The minimum Gasteiger partial charge on any atom is -0.397 e. The molecule has 0 heterocycles. The van der Waals surface area contributed by atoms with Crippen molar-refractivity contribution in [2.75, 3.05) is 18.1 Å². The normalized spacial score (nSPS) is 9.88. The Hall–Kier alpha value is -1.55. The van der Waals surface area contributed by atoms with Gasteiger partial charge in [-0.2, -0.15) is 0 Å². The van der Waals surface area contributed by atoms with E-state index in [-0.39, 0.29) is 0 Å². The van der Waals surface area contributed by atoms with Crippen molar-refractivity contribution in [3.8, 4) is 0 Å². The molecule has 2 aromatic carbocycles. The van der Waals surface area contributed by atoms with E-state index < -0.39 is 8.25 Å². The average molecular weight is 254 g/mol. The molecule has 0 amide bonds. The van der Waals surface area contributed by atoms with Crippen LogP contribution < -0.4 is 11.1 Å². The molecular weight excluding hydrogens is 239 g/mol. The van der Waals surface area contributed by atoms with Crippen LogP contribution >= 0.6 is 8.25 Å². The molecule has 0 aromatic heterocycles. The van der Waals surface area contributed by atoms with Gasteiger partial charge in [0.05, 0.1) is 11.4 Å². The number of anilines is 2. The van der Waals surface area contributed by atoms with E-state index >= 15 is 0 Å². The number of hydrogen-bond donors (Lipinski definition) is 4. The number of benzene rings is 2. The number of nitrogens with one attached hydrogen (secondary N) is 1. The van der Waals surface area contributed by atoms with Gasteiger partial charge in [-0.25, -0.2) is 0 Å². The molecule has 17 heavy (non-hydrogen) atoms. The molecule has 5 nitrogen and oxygen atoms in total. The van der Waals surface area contributed by atoms with Crippen LogP contribution in [0.5, 0.6) is 0 Å².